The van der Waals surface area contributed by atoms with Gasteiger partial charge in [-0.15, -0.1) is 0 Å². The van der Waals surface area contributed by atoms with E-state index in [0.717, 1.165) is 12.8 Å². The highest BCUT2D eigenvalue weighted by Crippen LogP contribution is 2.23. The normalized spacial score (nSPS) is 31.7. The third kappa shape index (κ3) is 5.84. The molecule has 1 rings (SSSR count). The summed E-state index contributed by atoms with van der Waals surface area (Å²) >= 11 is 4.68. The second-order valence-corrected chi connectivity index (χ2v) is 7.40. The molecule has 0 saturated heterocycles. The lowest BCUT2D eigenvalue weighted by molar-refractivity contribution is -0.117. The zero-order chi connectivity index (χ0) is 11.1. The summed E-state index contributed by atoms with van der Waals surface area (Å²) in [7, 11) is 0. The summed E-state index contributed by atoms with van der Waals surface area (Å²) < 4.78 is 0.535. The Hall–Kier alpha value is 1.13. The molecule has 1 saturated carbocycles. The van der Waals surface area contributed by atoms with Crippen molar-refractivity contribution in [3.8, 4) is 0 Å². The molecule has 2 unspecified atom stereocenters. The van der Waals surface area contributed by atoms with Crippen LogP contribution in [0, 0.1) is 0 Å². The van der Waals surface area contributed by atoms with Crippen LogP contribution in [0.5, 0.6) is 0 Å². The van der Waals surface area contributed by atoms with E-state index in [1.54, 1.807) is 0 Å². The van der Waals surface area contributed by atoms with Crippen molar-refractivity contribution in [1.29, 1.82) is 0 Å². The van der Waals surface area contributed by atoms with Crippen molar-refractivity contribution < 1.29 is 4.79 Å². The maximum Gasteiger partial charge on any atom is 0.158 e. The van der Waals surface area contributed by atoms with Gasteiger partial charge in [-0.2, -0.15) is 0 Å². The average Bonchev–Trinajstić information content (AvgIpc) is 2.23. The summed E-state index contributed by atoms with van der Waals surface area (Å²) in [5.41, 5.74) is 0. The van der Waals surface area contributed by atoms with E-state index >= 15 is 0 Å². The number of halogens is 2. The van der Waals surface area contributed by atoms with E-state index in [1.807, 2.05) is 0 Å². The number of carbonyl (C=O) groups is 1. The lowest BCUT2D eigenvalue weighted by Gasteiger charge is -2.15. The van der Waals surface area contributed by atoms with Gasteiger partial charge in [-0.25, -0.2) is 0 Å². The topological polar surface area (TPSA) is 17.1 Å². The van der Waals surface area contributed by atoms with Crippen LogP contribution in [0.25, 0.3) is 0 Å². The van der Waals surface area contributed by atoms with Crippen LogP contribution < -0.4 is 0 Å². The minimum atomic E-state index is 0.268. The van der Waals surface area contributed by atoms with Gasteiger partial charge in [0.2, 0.25) is 0 Å². The highest BCUT2D eigenvalue weighted by molar-refractivity contribution is 14.1. The quantitative estimate of drug-likeness (QED) is 0.400. The Kier molecular flexibility index (Phi) is 7.81. The number of alkyl halides is 2. The van der Waals surface area contributed by atoms with Crippen molar-refractivity contribution in [3.63, 3.8) is 0 Å². The molecule has 0 N–H and O–H groups in total. The van der Waals surface area contributed by atoms with E-state index in [1.165, 1.54) is 44.9 Å². The smallest absolute Gasteiger partial charge is 0.158 e. The van der Waals surface area contributed by atoms with Crippen molar-refractivity contribution in [2.24, 2.45) is 0 Å². The van der Waals surface area contributed by atoms with Crippen LogP contribution in [-0.4, -0.2) is 13.6 Å². The Labute approximate surface area is 120 Å². The number of hydrogen-bond donors (Lipinski definition) is 0. The Morgan fingerprint density at radius 1 is 0.733 bits per heavy atom. The molecule has 88 valence electrons. The highest BCUT2D eigenvalue weighted by Gasteiger charge is 2.22. The molecule has 1 aliphatic carbocycles. The molecule has 0 aromatic rings. The Bertz CT molecular complexity index is 176. The van der Waals surface area contributed by atoms with Gasteiger partial charge in [0.1, 0.15) is 0 Å². The van der Waals surface area contributed by atoms with Crippen molar-refractivity contribution in [2.45, 2.75) is 65.6 Å². The van der Waals surface area contributed by atoms with Gasteiger partial charge in [-0.1, -0.05) is 90.1 Å². The number of rotatable bonds is 0. The minimum Gasteiger partial charge on any atom is -0.297 e. The fraction of sp³-hybridized carbons (Fsp3) is 0.917. The lowest BCUT2D eigenvalue weighted by Crippen LogP contribution is -2.24. The van der Waals surface area contributed by atoms with Gasteiger partial charge in [-0.05, 0) is 12.8 Å². The monoisotopic (exact) mass is 434 g/mol. The molecule has 0 heterocycles. The number of hydrogen-bond acceptors (Lipinski definition) is 1. The molecule has 0 aromatic carbocycles. The molecular weight excluding hydrogens is 414 g/mol. The molecule has 0 aliphatic heterocycles. The van der Waals surface area contributed by atoms with Gasteiger partial charge >= 0.3 is 0 Å². The first-order valence-electron chi connectivity index (χ1n) is 6.03. The molecule has 1 fully saturated rings. The van der Waals surface area contributed by atoms with Crippen molar-refractivity contribution >= 4 is 51.0 Å². The summed E-state index contributed by atoms with van der Waals surface area (Å²) in [5.74, 6) is 0.483. The van der Waals surface area contributed by atoms with E-state index in [0.29, 0.717) is 5.78 Å². The predicted octanol–water partition coefficient (Wildman–Crippen LogP) is 4.69. The van der Waals surface area contributed by atoms with Gasteiger partial charge in [-0.3, -0.25) is 4.79 Å². The molecule has 2 atom stereocenters. The minimum absolute atomic E-state index is 0.268. The zero-order valence-corrected chi connectivity index (χ0v) is 13.5. The molecule has 0 spiro atoms. The van der Waals surface area contributed by atoms with E-state index in [2.05, 4.69) is 45.2 Å². The molecule has 1 nitrogen and oxygen atoms in total. The summed E-state index contributed by atoms with van der Waals surface area (Å²) in [6, 6.07) is 0. The Morgan fingerprint density at radius 3 is 1.47 bits per heavy atom. The Morgan fingerprint density at radius 2 is 1.07 bits per heavy atom. The molecule has 0 aromatic heterocycles. The Balaban J connectivity index is 2.40. The first-order valence-corrected chi connectivity index (χ1v) is 8.53. The first kappa shape index (κ1) is 14.2. The second kappa shape index (κ2) is 8.25. The van der Waals surface area contributed by atoms with Crippen LogP contribution in [0.15, 0.2) is 0 Å². The summed E-state index contributed by atoms with van der Waals surface area (Å²) in [5, 5.41) is 0. The van der Waals surface area contributed by atoms with Crippen LogP contribution in [0.4, 0.5) is 0 Å². The predicted molar refractivity (Wildman–Crippen MR) is 82.2 cm³/mol. The average molecular weight is 434 g/mol. The molecular formula is C12H20I2O. The molecule has 0 amide bonds. The molecule has 0 bridgehead atoms. The number of ketones is 1. The molecule has 0 radical (unpaired) electrons. The van der Waals surface area contributed by atoms with Gasteiger partial charge in [0.05, 0.1) is 7.85 Å². The maximum atomic E-state index is 11.9. The van der Waals surface area contributed by atoms with E-state index in [9.17, 15) is 4.79 Å². The molecule has 1 aliphatic rings. The first-order chi connectivity index (χ1) is 7.22. The standard InChI is InChI=1S/C12H20I2O/c13-10-8-6-4-2-1-3-5-7-9-11(14)12(10)15/h10-11H,1-9H2. The highest BCUT2D eigenvalue weighted by atomic mass is 127. The van der Waals surface area contributed by atoms with E-state index in [-0.39, 0.29) is 7.85 Å². The summed E-state index contributed by atoms with van der Waals surface area (Å²) in [4.78, 5) is 11.9. The summed E-state index contributed by atoms with van der Waals surface area (Å²) in [6.07, 6.45) is 11.4. The van der Waals surface area contributed by atoms with Crippen molar-refractivity contribution in [1.82, 2.24) is 0 Å². The van der Waals surface area contributed by atoms with E-state index < -0.39 is 0 Å². The SMILES string of the molecule is O=C1C(I)CCCCCCCCCC1I. The fourth-order valence-electron chi connectivity index (χ4n) is 2.01. The van der Waals surface area contributed by atoms with Crippen LogP contribution in [0.2, 0.25) is 0 Å². The van der Waals surface area contributed by atoms with Gasteiger partial charge in [0.25, 0.3) is 0 Å². The zero-order valence-electron chi connectivity index (χ0n) is 9.18. The number of Topliss-reactive ketones (excluding diaryl/α,β-unsaturated/α-hetero) is 1. The fourth-order valence-corrected chi connectivity index (χ4v) is 4.45. The summed E-state index contributed by atoms with van der Waals surface area (Å²) in [6.45, 7) is 0. The lowest BCUT2D eigenvalue weighted by atomic mass is 10.0. The van der Waals surface area contributed by atoms with Crippen LogP contribution in [0.1, 0.15) is 57.8 Å². The van der Waals surface area contributed by atoms with Crippen molar-refractivity contribution in [3.05, 3.63) is 0 Å². The second-order valence-electron chi connectivity index (χ2n) is 4.39. The molecule has 15 heavy (non-hydrogen) atoms. The molecule has 3 heteroatoms. The third-order valence-electron chi connectivity index (χ3n) is 3.03. The third-order valence-corrected chi connectivity index (χ3v) is 5.51. The van der Waals surface area contributed by atoms with Crippen LogP contribution >= 0.6 is 45.2 Å². The van der Waals surface area contributed by atoms with Crippen molar-refractivity contribution in [2.75, 3.05) is 0 Å². The number of carbonyl (C=O) groups excluding carboxylic acids is 1. The van der Waals surface area contributed by atoms with Gasteiger partial charge < -0.3 is 0 Å². The van der Waals surface area contributed by atoms with Crippen LogP contribution in [0.3, 0.4) is 0 Å². The van der Waals surface area contributed by atoms with Gasteiger partial charge in [0, 0.05) is 0 Å². The largest absolute Gasteiger partial charge is 0.297 e. The van der Waals surface area contributed by atoms with Crippen LogP contribution in [-0.2, 0) is 4.79 Å². The van der Waals surface area contributed by atoms with Gasteiger partial charge in [0.15, 0.2) is 5.78 Å². The van der Waals surface area contributed by atoms with E-state index in [4.69, 9.17) is 0 Å². The maximum absolute atomic E-state index is 11.9.